The molecule has 1 amide bonds. The predicted octanol–water partition coefficient (Wildman–Crippen LogP) is 3.74. The van der Waals surface area contributed by atoms with Crippen LogP contribution in [0.4, 0.5) is 13.2 Å². The number of rotatable bonds is 6. The average Bonchev–Trinajstić information content (AvgIpc) is 3.19. The van der Waals surface area contributed by atoms with E-state index in [1.165, 1.54) is 24.3 Å². The molecule has 5 nitrogen and oxygen atoms in total. The Balaban J connectivity index is 1.62. The van der Waals surface area contributed by atoms with Crippen molar-refractivity contribution in [3.8, 4) is 11.4 Å². The van der Waals surface area contributed by atoms with E-state index in [4.69, 9.17) is 0 Å². The summed E-state index contributed by atoms with van der Waals surface area (Å²) < 4.78 is 42.8. The molecule has 8 heteroatoms. The van der Waals surface area contributed by atoms with Crippen LogP contribution in [0.1, 0.15) is 15.9 Å². The van der Waals surface area contributed by atoms with Gasteiger partial charge in [0, 0.05) is 24.5 Å². The number of carbonyl (C=O) groups excluding carboxylic acids is 1. The van der Waals surface area contributed by atoms with E-state index in [-0.39, 0.29) is 18.2 Å². The molecule has 1 N–H and O–H groups in total. The molecule has 3 rings (SSSR count). The Morgan fingerprint density at radius 2 is 1.81 bits per heavy atom. The van der Waals surface area contributed by atoms with Crippen LogP contribution in [0.5, 0.6) is 5.75 Å². The number of nitrogens with one attached hydrogen (secondary N) is 1. The Labute approximate surface area is 153 Å². The maximum Gasteiger partial charge on any atom is 0.422 e. The maximum atomic E-state index is 12.3. The molecule has 0 atom stereocenters. The van der Waals surface area contributed by atoms with E-state index < -0.39 is 12.8 Å². The van der Waals surface area contributed by atoms with E-state index in [2.05, 4.69) is 15.2 Å². The predicted molar refractivity (Wildman–Crippen MR) is 92.7 cm³/mol. The number of nitrogens with zero attached hydrogens (tertiary/aromatic N) is 2. The molecule has 0 aliphatic carbocycles. The normalized spacial score (nSPS) is 11.2. The zero-order valence-corrected chi connectivity index (χ0v) is 14.1. The lowest BCUT2D eigenvalue weighted by Gasteiger charge is -2.11. The zero-order chi connectivity index (χ0) is 19.3. The standard InChI is InChI=1S/C19H16F3N3O2/c20-19(21,22)13-27-16-8-6-14(7-9-16)18(26)23-12-15-4-1-2-5-17(15)25-11-3-10-24-25/h1-11H,12-13H2,(H,23,26). The van der Waals surface area contributed by atoms with E-state index in [1.807, 2.05) is 24.3 Å². The number of benzene rings is 2. The van der Waals surface area contributed by atoms with Crippen molar-refractivity contribution in [2.24, 2.45) is 0 Å². The van der Waals surface area contributed by atoms with Crippen molar-refractivity contribution in [3.63, 3.8) is 0 Å². The van der Waals surface area contributed by atoms with Crippen LogP contribution in [0.2, 0.25) is 0 Å². The minimum absolute atomic E-state index is 0.0490. The number of aromatic nitrogens is 2. The summed E-state index contributed by atoms with van der Waals surface area (Å²) in [6, 6.07) is 14.8. The van der Waals surface area contributed by atoms with Gasteiger partial charge in [-0.25, -0.2) is 4.68 Å². The first-order valence-electron chi connectivity index (χ1n) is 8.08. The summed E-state index contributed by atoms with van der Waals surface area (Å²) >= 11 is 0. The molecule has 0 saturated carbocycles. The quantitative estimate of drug-likeness (QED) is 0.714. The zero-order valence-electron chi connectivity index (χ0n) is 14.1. The molecular formula is C19H16F3N3O2. The molecule has 2 aromatic carbocycles. The number of para-hydroxylation sites is 1. The van der Waals surface area contributed by atoms with Gasteiger partial charge in [-0.2, -0.15) is 18.3 Å². The lowest BCUT2D eigenvalue weighted by Crippen LogP contribution is -2.23. The molecule has 0 unspecified atom stereocenters. The van der Waals surface area contributed by atoms with Crippen LogP contribution in [0.15, 0.2) is 67.0 Å². The molecule has 140 valence electrons. The van der Waals surface area contributed by atoms with E-state index in [0.717, 1.165) is 11.3 Å². The highest BCUT2D eigenvalue weighted by atomic mass is 19.4. The van der Waals surface area contributed by atoms with Crippen molar-refractivity contribution in [2.75, 3.05) is 6.61 Å². The Morgan fingerprint density at radius 3 is 2.48 bits per heavy atom. The fraction of sp³-hybridized carbons (Fsp3) is 0.158. The van der Waals surface area contributed by atoms with E-state index >= 15 is 0 Å². The highest BCUT2D eigenvalue weighted by Crippen LogP contribution is 2.19. The van der Waals surface area contributed by atoms with Gasteiger partial charge in [0.05, 0.1) is 5.69 Å². The van der Waals surface area contributed by atoms with Crippen LogP contribution in [0, 0.1) is 0 Å². The fourth-order valence-corrected chi connectivity index (χ4v) is 2.44. The molecule has 3 aromatic rings. The van der Waals surface area contributed by atoms with Crippen LogP contribution >= 0.6 is 0 Å². The second-order valence-corrected chi connectivity index (χ2v) is 5.69. The molecule has 0 radical (unpaired) electrons. The van der Waals surface area contributed by atoms with Gasteiger partial charge in [0.25, 0.3) is 5.91 Å². The van der Waals surface area contributed by atoms with Crippen LogP contribution in [-0.4, -0.2) is 28.5 Å². The summed E-state index contributed by atoms with van der Waals surface area (Å²) in [5.41, 5.74) is 2.05. The van der Waals surface area contributed by atoms with Gasteiger partial charge in [0.15, 0.2) is 6.61 Å². The summed E-state index contributed by atoms with van der Waals surface area (Å²) in [6.45, 7) is -1.09. The van der Waals surface area contributed by atoms with Crippen LogP contribution in [-0.2, 0) is 6.54 Å². The second-order valence-electron chi connectivity index (χ2n) is 5.69. The number of ether oxygens (including phenoxy) is 1. The first-order chi connectivity index (χ1) is 12.9. The average molecular weight is 375 g/mol. The van der Waals surface area contributed by atoms with Gasteiger partial charge in [-0.1, -0.05) is 18.2 Å². The molecule has 0 aliphatic rings. The number of hydrogen-bond donors (Lipinski definition) is 1. The van der Waals surface area contributed by atoms with E-state index in [1.54, 1.807) is 23.1 Å². The Bertz CT molecular complexity index is 891. The fourth-order valence-electron chi connectivity index (χ4n) is 2.44. The Morgan fingerprint density at radius 1 is 1.07 bits per heavy atom. The third kappa shape index (κ3) is 5.10. The minimum Gasteiger partial charge on any atom is -0.484 e. The van der Waals surface area contributed by atoms with Gasteiger partial charge in [-0.05, 0) is 42.0 Å². The number of halogens is 3. The third-order valence-electron chi connectivity index (χ3n) is 3.70. The SMILES string of the molecule is O=C(NCc1ccccc1-n1cccn1)c1ccc(OCC(F)(F)F)cc1. The van der Waals surface area contributed by atoms with Crippen LogP contribution in [0.3, 0.4) is 0 Å². The van der Waals surface area contributed by atoms with Gasteiger partial charge in [-0.3, -0.25) is 4.79 Å². The highest BCUT2D eigenvalue weighted by molar-refractivity contribution is 5.94. The first kappa shape index (κ1) is 18.5. The number of hydrogen-bond acceptors (Lipinski definition) is 3. The van der Waals surface area contributed by atoms with Crippen molar-refractivity contribution < 1.29 is 22.7 Å². The summed E-state index contributed by atoms with van der Waals surface area (Å²) in [4.78, 5) is 12.3. The van der Waals surface area contributed by atoms with Crippen molar-refractivity contribution in [2.45, 2.75) is 12.7 Å². The molecule has 0 spiro atoms. The highest BCUT2D eigenvalue weighted by Gasteiger charge is 2.28. The van der Waals surface area contributed by atoms with Crippen molar-refractivity contribution >= 4 is 5.91 Å². The van der Waals surface area contributed by atoms with E-state index in [9.17, 15) is 18.0 Å². The van der Waals surface area contributed by atoms with Crippen molar-refractivity contribution in [1.82, 2.24) is 15.1 Å². The summed E-state index contributed by atoms with van der Waals surface area (Å²) in [7, 11) is 0. The van der Waals surface area contributed by atoms with Gasteiger partial charge >= 0.3 is 6.18 Å². The van der Waals surface area contributed by atoms with Crippen molar-refractivity contribution in [1.29, 1.82) is 0 Å². The molecule has 0 fully saturated rings. The second kappa shape index (κ2) is 7.94. The summed E-state index contributed by atoms with van der Waals surface area (Å²) in [5.74, 6) is -0.291. The van der Waals surface area contributed by atoms with E-state index in [0.29, 0.717) is 5.56 Å². The number of alkyl halides is 3. The van der Waals surface area contributed by atoms with Crippen LogP contribution in [0.25, 0.3) is 5.69 Å². The summed E-state index contributed by atoms with van der Waals surface area (Å²) in [5, 5.41) is 6.98. The smallest absolute Gasteiger partial charge is 0.422 e. The minimum atomic E-state index is -4.40. The van der Waals surface area contributed by atoms with Gasteiger partial charge in [0.1, 0.15) is 5.75 Å². The Hall–Kier alpha value is -3.29. The van der Waals surface area contributed by atoms with Crippen LogP contribution < -0.4 is 10.1 Å². The lowest BCUT2D eigenvalue weighted by atomic mass is 10.1. The first-order valence-corrected chi connectivity index (χ1v) is 8.08. The maximum absolute atomic E-state index is 12.3. The van der Waals surface area contributed by atoms with Crippen molar-refractivity contribution in [3.05, 3.63) is 78.1 Å². The number of amides is 1. The third-order valence-corrected chi connectivity index (χ3v) is 3.70. The van der Waals surface area contributed by atoms with Gasteiger partial charge in [-0.15, -0.1) is 0 Å². The Kier molecular flexibility index (Phi) is 5.44. The molecule has 0 saturated heterocycles. The monoisotopic (exact) mass is 375 g/mol. The largest absolute Gasteiger partial charge is 0.484 e. The molecule has 0 bridgehead atoms. The molecule has 1 heterocycles. The number of carbonyl (C=O) groups is 1. The molecular weight excluding hydrogens is 359 g/mol. The molecule has 1 aromatic heterocycles. The molecule has 27 heavy (non-hydrogen) atoms. The van der Waals surface area contributed by atoms with Gasteiger partial charge < -0.3 is 10.1 Å². The lowest BCUT2D eigenvalue weighted by molar-refractivity contribution is -0.153. The van der Waals surface area contributed by atoms with Gasteiger partial charge in [0.2, 0.25) is 0 Å². The molecule has 0 aliphatic heterocycles. The summed E-state index contributed by atoms with van der Waals surface area (Å²) in [6.07, 6.45) is -0.934. The topological polar surface area (TPSA) is 56.2 Å².